The fourth-order valence-electron chi connectivity index (χ4n) is 2.42. The van der Waals surface area contributed by atoms with E-state index in [1.165, 1.54) is 6.42 Å². The van der Waals surface area contributed by atoms with Gasteiger partial charge in [-0.15, -0.1) is 0 Å². The van der Waals surface area contributed by atoms with Crippen LogP contribution in [0.1, 0.15) is 29.6 Å². The quantitative estimate of drug-likeness (QED) is 0.874. The first-order chi connectivity index (χ1) is 9.18. The molecule has 0 radical (unpaired) electrons. The summed E-state index contributed by atoms with van der Waals surface area (Å²) in [5.74, 6) is 0.0508. The minimum atomic E-state index is 0.0508. The van der Waals surface area contributed by atoms with Gasteiger partial charge < -0.3 is 15.5 Å². The summed E-state index contributed by atoms with van der Waals surface area (Å²) < 4.78 is 0. The molecule has 0 aliphatic carbocycles. The van der Waals surface area contributed by atoms with Gasteiger partial charge in [-0.05, 0) is 44.5 Å². The maximum Gasteiger partial charge on any atom is 0.255 e. The molecule has 1 atom stereocenters. The van der Waals surface area contributed by atoms with Gasteiger partial charge >= 0.3 is 0 Å². The van der Waals surface area contributed by atoms with Crippen LogP contribution < -0.4 is 10.6 Å². The molecule has 4 nitrogen and oxygen atoms in total. The highest BCUT2D eigenvalue weighted by Crippen LogP contribution is 2.20. The second kappa shape index (κ2) is 6.57. The number of rotatable bonds is 3. The highest BCUT2D eigenvalue weighted by molar-refractivity contribution is 5.99. The SMILES string of the molecule is CN(C)C(=O)c1ccccc1NC1CCCNCC1. The average Bonchev–Trinajstić information content (AvgIpc) is 2.67. The van der Waals surface area contributed by atoms with Crippen molar-refractivity contribution in [2.24, 2.45) is 0 Å². The normalized spacial score (nSPS) is 19.6. The van der Waals surface area contributed by atoms with Gasteiger partial charge in [-0.1, -0.05) is 12.1 Å². The Morgan fingerprint density at radius 2 is 2.05 bits per heavy atom. The van der Waals surface area contributed by atoms with Gasteiger partial charge in [0.05, 0.1) is 5.56 Å². The van der Waals surface area contributed by atoms with E-state index in [-0.39, 0.29) is 5.91 Å². The van der Waals surface area contributed by atoms with E-state index in [1.54, 1.807) is 19.0 Å². The van der Waals surface area contributed by atoms with Crippen molar-refractivity contribution in [3.63, 3.8) is 0 Å². The van der Waals surface area contributed by atoms with E-state index in [4.69, 9.17) is 0 Å². The smallest absolute Gasteiger partial charge is 0.255 e. The molecule has 0 aromatic heterocycles. The number of hydrogen-bond donors (Lipinski definition) is 2. The van der Waals surface area contributed by atoms with Crippen LogP contribution >= 0.6 is 0 Å². The van der Waals surface area contributed by atoms with Crippen LogP contribution in [0.25, 0.3) is 0 Å². The zero-order chi connectivity index (χ0) is 13.7. The predicted molar refractivity (Wildman–Crippen MR) is 78.6 cm³/mol. The monoisotopic (exact) mass is 261 g/mol. The summed E-state index contributed by atoms with van der Waals surface area (Å²) in [6.07, 6.45) is 3.43. The molecule has 1 unspecified atom stereocenters. The lowest BCUT2D eigenvalue weighted by atomic mass is 10.1. The second-order valence-electron chi connectivity index (χ2n) is 5.27. The molecule has 1 aromatic carbocycles. The van der Waals surface area contributed by atoms with Crippen LogP contribution in [-0.4, -0.2) is 44.0 Å². The molecule has 19 heavy (non-hydrogen) atoms. The number of hydrogen-bond acceptors (Lipinski definition) is 3. The van der Waals surface area contributed by atoms with Crippen LogP contribution in [0.5, 0.6) is 0 Å². The maximum atomic E-state index is 12.1. The van der Waals surface area contributed by atoms with Crippen LogP contribution in [0.15, 0.2) is 24.3 Å². The number of nitrogens with one attached hydrogen (secondary N) is 2. The Balaban J connectivity index is 2.12. The lowest BCUT2D eigenvalue weighted by molar-refractivity contribution is 0.0828. The number of carbonyl (C=O) groups is 1. The van der Waals surface area contributed by atoms with Gasteiger partial charge in [0.15, 0.2) is 0 Å². The second-order valence-corrected chi connectivity index (χ2v) is 5.27. The number of carbonyl (C=O) groups excluding carboxylic acids is 1. The first-order valence-electron chi connectivity index (χ1n) is 6.96. The predicted octanol–water partition coefficient (Wildman–Crippen LogP) is 1.94. The molecule has 0 saturated carbocycles. The number of para-hydroxylation sites is 1. The molecule has 1 aliphatic rings. The topological polar surface area (TPSA) is 44.4 Å². The molecule has 1 heterocycles. The molecule has 1 fully saturated rings. The molecule has 104 valence electrons. The Morgan fingerprint density at radius 1 is 1.26 bits per heavy atom. The van der Waals surface area contributed by atoms with Crippen LogP contribution in [0.2, 0.25) is 0 Å². The van der Waals surface area contributed by atoms with Gasteiger partial charge in [0.2, 0.25) is 0 Å². The van der Waals surface area contributed by atoms with E-state index in [0.717, 1.165) is 37.2 Å². The standard InChI is InChI=1S/C15H23N3O/c1-18(2)15(19)13-7-3-4-8-14(13)17-12-6-5-10-16-11-9-12/h3-4,7-8,12,16-17H,5-6,9-11H2,1-2H3. The third-order valence-corrected chi connectivity index (χ3v) is 3.50. The first kappa shape index (κ1) is 13.9. The zero-order valence-electron chi connectivity index (χ0n) is 11.8. The van der Waals surface area contributed by atoms with Gasteiger partial charge in [-0.25, -0.2) is 0 Å². The summed E-state index contributed by atoms with van der Waals surface area (Å²) in [7, 11) is 3.57. The summed E-state index contributed by atoms with van der Waals surface area (Å²) in [6.45, 7) is 2.14. The summed E-state index contributed by atoms with van der Waals surface area (Å²) in [4.78, 5) is 13.8. The van der Waals surface area contributed by atoms with Gasteiger partial charge in [0, 0.05) is 25.8 Å². The van der Waals surface area contributed by atoms with Crippen molar-refractivity contribution in [1.29, 1.82) is 0 Å². The molecule has 1 amide bonds. The Labute approximate surface area is 115 Å². The Morgan fingerprint density at radius 3 is 2.84 bits per heavy atom. The first-order valence-corrected chi connectivity index (χ1v) is 6.96. The molecule has 1 aliphatic heterocycles. The van der Waals surface area contributed by atoms with Crippen LogP contribution in [-0.2, 0) is 0 Å². The van der Waals surface area contributed by atoms with E-state index in [0.29, 0.717) is 6.04 Å². The van der Waals surface area contributed by atoms with Crippen LogP contribution in [0.4, 0.5) is 5.69 Å². The number of anilines is 1. The van der Waals surface area contributed by atoms with Gasteiger partial charge in [-0.2, -0.15) is 0 Å². The minimum Gasteiger partial charge on any atom is -0.382 e. The Hall–Kier alpha value is -1.55. The van der Waals surface area contributed by atoms with Crippen LogP contribution in [0, 0.1) is 0 Å². The highest BCUT2D eigenvalue weighted by atomic mass is 16.2. The van der Waals surface area contributed by atoms with Crippen molar-refractivity contribution in [2.45, 2.75) is 25.3 Å². The molecule has 2 rings (SSSR count). The fourth-order valence-corrected chi connectivity index (χ4v) is 2.42. The van der Waals surface area contributed by atoms with Crippen LogP contribution in [0.3, 0.4) is 0 Å². The van der Waals surface area contributed by atoms with E-state index in [9.17, 15) is 4.79 Å². The van der Waals surface area contributed by atoms with E-state index >= 15 is 0 Å². The maximum absolute atomic E-state index is 12.1. The molecule has 1 saturated heterocycles. The highest BCUT2D eigenvalue weighted by Gasteiger charge is 2.16. The van der Waals surface area contributed by atoms with E-state index < -0.39 is 0 Å². The molecule has 0 bridgehead atoms. The largest absolute Gasteiger partial charge is 0.382 e. The van der Waals surface area contributed by atoms with Crippen molar-refractivity contribution in [1.82, 2.24) is 10.2 Å². The van der Waals surface area contributed by atoms with Gasteiger partial charge in [-0.3, -0.25) is 4.79 Å². The summed E-state index contributed by atoms with van der Waals surface area (Å²) >= 11 is 0. The van der Waals surface area contributed by atoms with Gasteiger partial charge in [0.25, 0.3) is 5.91 Å². The summed E-state index contributed by atoms with van der Waals surface area (Å²) in [5, 5.41) is 6.94. The molecular weight excluding hydrogens is 238 g/mol. The summed E-state index contributed by atoms with van der Waals surface area (Å²) in [6, 6.07) is 8.22. The fraction of sp³-hybridized carbons (Fsp3) is 0.533. The molecular formula is C15H23N3O. The summed E-state index contributed by atoms with van der Waals surface area (Å²) in [5.41, 5.74) is 1.71. The molecule has 1 aromatic rings. The third kappa shape index (κ3) is 3.70. The Kier molecular flexibility index (Phi) is 4.80. The van der Waals surface area contributed by atoms with Crippen molar-refractivity contribution < 1.29 is 4.79 Å². The number of benzene rings is 1. The van der Waals surface area contributed by atoms with Gasteiger partial charge in [0.1, 0.15) is 0 Å². The van der Waals surface area contributed by atoms with Crippen molar-refractivity contribution in [3.05, 3.63) is 29.8 Å². The lowest BCUT2D eigenvalue weighted by Gasteiger charge is -2.21. The van der Waals surface area contributed by atoms with Crippen molar-refractivity contribution in [2.75, 3.05) is 32.5 Å². The average molecular weight is 261 g/mol. The van der Waals surface area contributed by atoms with Crippen molar-refractivity contribution >= 4 is 11.6 Å². The number of amides is 1. The minimum absolute atomic E-state index is 0.0508. The Bertz CT molecular complexity index is 423. The van der Waals surface area contributed by atoms with E-state index in [2.05, 4.69) is 10.6 Å². The van der Waals surface area contributed by atoms with Crippen molar-refractivity contribution in [3.8, 4) is 0 Å². The molecule has 2 N–H and O–H groups in total. The molecule has 4 heteroatoms. The molecule has 0 spiro atoms. The third-order valence-electron chi connectivity index (χ3n) is 3.50. The zero-order valence-corrected chi connectivity index (χ0v) is 11.8. The van der Waals surface area contributed by atoms with E-state index in [1.807, 2.05) is 24.3 Å². The number of nitrogens with zero attached hydrogens (tertiary/aromatic N) is 1. The lowest BCUT2D eigenvalue weighted by Crippen LogP contribution is -2.26.